The number of hydrogen-bond donors (Lipinski definition) is 1. The lowest BCUT2D eigenvalue weighted by Crippen LogP contribution is -2.68. The lowest BCUT2D eigenvalue weighted by atomic mass is 9.88. The van der Waals surface area contributed by atoms with Gasteiger partial charge < -0.3 is 10.2 Å². The van der Waals surface area contributed by atoms with Crippen LogP contribution in [0.2, 0.25) is 0 Å². The van der Waals surface area contributed by atoms with Gasteiger partial charge in [0, 0.05) is 29.9 Å². The van der Waals surface area contributed by atoms with Crippen molar-refractivity contribution < 1.29 is 0 Å². The van der Waals surface area contributed by atoms with Crippen molar-refractivity contribution in [1.29, 1.82) is 0 Å². The molecule has 2 rings (SSSR count). The molecule has 0 bridgehead atoms. The minimum absolute atomic E-state index is 0.150. The van der Waals surface area contributed by atoms with Gasteiger partial charge in [-0.05, 0) is 46.8 Å². The van der Waals surface area contributed by atoms with E-state index < -0.39 is 0 Å². The van der Waals surface area contributed by atoms with Crippen molar-refractivity contribution in [3.63, 3.8) is 0 Å². The molecule has 0 radical (unpaired) electrons. The normalized spacial score (nSPS) is 22.5. The van der Waals surface area contributed by atoms with Crippen molar-refractivity contribution in [2.24, 2.45) is 0 Å². The Kier molecular flexibility index (Phi) is 2.94. The summed E-state index contributed by atoms with van der Waals surface area (Å²) in [6.07, 6.45) is 0. The van der Waals surface area contributed by atoms with E-state index in [2.05, 4.69) is 69.1 Å². The molecule has 1 heterocycles. The highest BCUT2D eigenvalue weighted by molar-refractivity contribution is 5.53. The minimum Gasteiger partial charge on any atom is -0.359 e. The van der Waals surface area contributed by atoms with E-state index in [1.165, 1.54) is 11.3 Å². The Bertz CT molecular complexity index is 374. The fraction of sp³-hybridized carbons (Fsp3) is 0.600. The first-order chi connectivity index (χ1) is 7.83. The second-order valence-electron chi connectivity index (χ2n) is 6.40. The zero-order valence-electron chi connectivity index (χ0n) is 11.7. The van der Waals surface area contributed by atoms with Crippen molar-refractivity contribution >= 4 is 5.69 Å². The number of nitrogens with one attached hydrogen (secondary N) is 1. The zero-order valence-corrected chi connectivity index (χ0v) is 11.7. The molecule has 1 aromatic rings. The maximum Gasteiger partial charge on any atom is 0.0476 e. The summed E-state index contributed by atoms with van der Waals surface area (Å²) in [6, 6.07) is 8.88. The SMILES string of the molecule is Cc1ccc(N2C(C)(C)CNCC2(C)C)cc1. The van der Waals surface area contributed by atoms with Gasteiger partial charge in [-0.2, -0.15) is 0 Å². The lowest BCUT2D eigenvalue weighted by Gasteiger charge is -2.54. The Labute approximate surface area is 105 Å². The highest BCUT2D eigenvalue weighted by Gasteiger charge is 2.41. The van der Waals surface area contributed by atoms with Crippen LogP contribution in [0.3, 0.4) is 0 Å². The number of piperazine rings is 1. The first-order valence-electron chi connectivity index (χ1n) is 6.41. The van der Waals surface area contributed by atoms with Crippen molar-refractivity contribution in [3.05, 3.63) is 29.8 Å². The molecule has 0 saturated carbocycles. The van der Waals surface area contributed by atoms with E-state index in [9.17, 15) is 0 Å². The number of hydrogen-bond acceptors (Lipinski definition) is 2. The number of nitrogens with zero attached hydrogens (tertiary/aromatic N) is 1. The Hall–Kier alpha value is -1.02. The van der Waals surface area contributed by atoms with Crippen molar-refractivity contribution in [3.8, 4) is 0 Å². The van der Waals surface area contributed by atoms with Gasteiger partial charge in [0.1, 0.15) is 0 Å². The van der Waals surface area contributed by atoms with Gasteiger partial charge in [-0.15, -0.1) is 0 Å². The van der Waals surface area contributed by atoms with Crippen LogP contribution < -0.4 is 10.2 Å². The van der Waals surface area contributed by atoms with Crippen LogP contribution in [0, 0.1) is 6.92 Å². The van der Waals surface area contributed by atoms with Gasteiger partial charge in [0.2, 0.25) is 0 Å². The van der Waals surface area contributed by atoms with Crippen LogP contribution in [0.15, 0.2) is 24.3 Å². The molecular formula is C15H24N2. The van der Waals surface area contributed by atoms with E-state index in [0.717, 1.165) is 13.1 Å². The highest BCUT2D eigenvalue weighted by atomic mass is 15.3. The predicted octanol–water partition coefficient (Wildman–Crippen LogP) is 2.96. The maximum absolute atomic E-state index is 3.53. The maximum atomic E-state index is 3.53. The molecule has 1 fully saturated rings. The molecule has 94 valence electrons. The van der Waals surface area contributed by atoms with Crippen LogP contribution >= 0.6 is 0 Å². The van der Waals surface area contributed by atoms with Crippen LogP contribution in [-0.2, 0) is 0 Å². The predicted molar refractivity (Wildman–Crippen MR) is 74.7 cm³/mol. The topological polar surface area (TPSA) is 15.3 Å². The largest absolute Gasteiger partial charge is 0.359 e. The summed E-state index contributed by atoms with van der Waals surface area (Å²) >= 11 is 0. The Morgan fingerprint density at radius 2 is 1.41 bits per heavy atom. The summed E-state index contributed by atoms with van der Waals surface area (Å²) in [7, 11) is 0. The molecule has 1 aliphatic rings. The molecule has 2 heteroatoms. The molecular weight excluding hydrogens is 208 g/mol. The molecule has 0 aromatic heterocycles. The monoisotopic (exact) mass is 232 g/mol. The summed E-state index contributed by atoms with van der Waals surface area (Å²) < 4.78 is 0. The van der Waals surface area contributed by atoms with Gasteiger partial charge in [-0.25, -0.2) is 0 Å². The Morgan fingerprint density at radius 1 is 0.941 bits per heavy atom. The van der Waals surface area contributed by atoms with Gasteiger partial charge in [0.05, 0.1) is 0 Å². The summed E-state index contributed by atoms with van der Waals surface area (Å²) in [5.74, 6) is 0. The molecule has 0 unspecified atom stereocenters. The van der Waals surface area contributed by atoms with Gasteiger partial charge in [-0.3, -0.25) is 0 Å². The molecule has 1 aromatic carbocycles. The van der Waals surface area contributed by atoms with E-state index in [4.69, 9.17) is 0 Å². The van der Waals surface area contributed by atoms with Crippen LogP contribution in [0.5, 0.6) is 0 Å². The molecule has 0 amide bonds. The van der Waals surface area contributed by atoms with Gasteiger partial charge >= 0.3 is 0 Å². The number of aryl methyl sites for hydroxylation is 1. The molecule has 0 spiro atoms. The second-order valence-corrected chi connectivity index (χ2v) is 6.40. The number of rotatable bonds is 1. The summed E-state index contributed by atoms with van der Waals surface area (Å²) in [5.41, 5.74) is 2.94. The minimum atomic E-state index is 0.150. The number of anilines is 1. The molecule has 0 atom stereocenters. The summed E-state index contributed by atoms with van der Waals surface area (Å²) in [4.78, 5) is 2.55. The zero-order chi connectivity index (χ0) is 12.7. The average molecular weight is 232 g/mol. The van der Waals surface area contributed by atoms with Crippen LogP contribution in [0.25, 0.3) is 0 Å². The summed E-state index contributed by atoms with van der Waals surface area (Å²) in [5, 5.41) is 3.53. The van der Waals surface area contributed by atoms with E-state index in [0.29, 0.717) is 0 Å². The quantitative estimate of drug-likeness (QED) is 0.801. The fourth-order valence-electron chi connectivity index (χ4n) is 3.04. The third kappa shape index (κ3) is 2.32. The third-order valence-corrected chi connectivity index (χ3v) is 3.62. The van der Waals surface area contributed by atoms with E-state index in [1.54, 1.807) is 0 Å². The van der Waals surface area contributed by atoms with Crippen LogP contribution in [-0.4, -0.2) is 24.2 Å². The molecule has 0 aliphatic carbocycles. The third-order valence-electron chi connectivity index (χ3n) is 3.62. The van der Waals surface area contributed by atoms with E-state index >= 15 is 0 Å². The standard InChI is InChI=1S/C15H24N2/c1-12-6-8-13(9-7-12)17-14(2,3)10-16-11-15(17,4)5/h6-9,16H,10-11H2,1-5H3. The smallest absolute Gasteiger partial charge is 0.0476 e. The van der Waals surface area contributed by atoms with Gasteiger partial charge in [0.15, 0.2) is 0 Å². The summed E-state index contributed by atoms with van der Waals surface area (Å²) in [6.45, 7) is 13.4. The van der Waals surface area contributed by atoms with E-state index in [-0.39, 0.29) is 11.1 Å². The first kappa shape index (κ1) is 12.4. The molecule has 17 heavy (non-hydrogen) atoms. The van der Waals surface area contributed by atoms with Crippen molar-refractivity contribution in [2.45, 2.75) is 45.7 Å². The Balaban J connectivity index is 2.41. The first-order valence-corrected chi connectivity index (χ1v) is 6.41. The van der Waals surface area contributed by atoms with Crippen molar-refractivity contribution in [1.82, 2.24) is 5.32 Å². The molecule has 1 N–H and O–H groups in total. The van der Waals surface area contributed by atoms with Crippen LogP contribution in [0.1, 0.15) is 33.3 Å². The second kappa shape index (κ2) is 4.02. The van der Waals surface area contributed by atoms with Crippen molar-refractivity contribution in [2.75, 3.05) is 18.0 Å². The average Bonchev–Trinajstić information content (AvgIpc) is 2.18. The van der Waals surface area contributed by atoms with Crippen LogP contribution in [0.4, 0.5) is 5.69 Å². The van der Waals surface area contributed by atoms with Gasteiger partial charge in [0.25, 0.3) is 0 Å². The molecule has 1 saturated heterocycles. The van der Waals surface area contributed by atoms with E-state index in [1.807, 2.05) is 0 Å². The fourth-order valence-corrected chi connectivity index (χ4v) is 3.04. The Morgan fingerprint density at radius 3 is 1.88 bits per heavy atom. The molecule has 1 aliphatic heterocycles. The lowest BCUT2D eigenvalue weighted by molar-refractivity contribution is 0.263. The molecule has 2 nitrogen and oxygen atoms in total. The highest BCUT2D eigenvalue weighted by Crippen LogP contribution is 2.34. The number of benzene rings is 1. The van der Waals surface area contributed by atoms with Gasteiger partial charge in [-0.1, -0.05) is 17.7 Å².